The number of benzene rings is 6. The number of rotatable bonds is 2. The summed E-state index contributed by atoms with van der Waals surface area (Å²) in [6.45, 7) is 0. The molecule has 0 N–H and O–H groups in total. The number of fused-ring (bicyclic) bond motifs is 13. The maximum Gasteiger partial charge on any atom is 0.238 e. The molecular weight excluding hydrogens is 603 g/mol. The lowest BCUT2D eigenvalue weighted by Gasteiger charge is -2.10. The maximum atomic E-state index is 6.50. The number of aromatic nitrogens is 3. The van der Waals surface area contributed by atoms with Gasteiger partial charge in [-0.15, -0.1) is 22.7 Å². The molecule has 6 aromatic carbocycles. The third-order valence-corrected chi connectivity index (χ3v) is 11.5. The monoisotopic (exact) mass is 623 g/mol. The summed E-state index contributed by atoms with van der Waals surface area (Å²) < 4.78 is 13.8. The van der Waals surface area contributed by atoms with Gasteiger partial charge in [0.2, 0.25) is 11.7 Å². The fraction of sp³-hybridized carbons (Fsp3) is 0. The van der Waals surface area contributed by atoms with Crippen molar-refractivity contribution in [2.75, 3.05) is 0 Å². The predicted molar refractivity (Wildman–Crippen MR) is 195 cm³/mol. The zero-order valence-electron chi connectivity index (χ0n) is 24.2. The second-order valence-electron chi connectivity index (χ2n) is 11.7. The highest BCUT2D eigenvalue weighted by molar-refractivity contribution is 7.26. The van der Waals surface area contributed by atoms with Gasteiger partial charge < -0.3 is 4.42 Å². The molecule has 0 aliphatic heterocycles. The van der Waals surface area contributed by atoms with Crippen molar-refractivity contribution < 1.29 is 4.42 Å². The lowest BCUT2D eigenvalue weighted by molar-refractivity contribution is 0.651. The van der Waals surface area contributed by atoms with Gasteiger partial charge in [0, 0.05) is 62.1 Å². The predicted octanol–water partition coefficient (Wildman–Crippen LogP) is 11.9. The summed E-state index contributed by atoms with van der Waals surface area (Å²) in [6, 6.07) is 45.3. The average Bonchev–Trinajstić information content (AvgIpc) is 3.85. The van der Waals surface area contributed by atoms with Gasteiger partial charge in [-0.05, 0) is 42.5 Å². The highest BCUT2D eigenvalue weighted by Gasteiger charge is 2.23. The summed E-state index contributed by atoms with van der Waals surface area (Å²) in [5.74, 6) is 0.603. The van der Waals surface area contributed by atoms with Crippen LogP contribution in [0.3, 0.4) is 0 Å². The van der Waals surface area contributed by atoms with Crippen LogP contribution in [0.5, 0.6) is 0 Å². The van der Waals surface area contributed by atoms with Crippen LogP contribution < -0.4 is 0 Å². The zero-order chi connectivity index (χ0) is 29.9. The van der Waals surface area contributed by atoms with E-state index >= 15 is 0 Å². The Morgan fingerprint density at radius 2 is 1.17 bits per heavy atom. The van der Waals surface area contributed by atoms with Gasteiger partial charge in [0.15, 0.2) is 0 Å². The third-order valence-electron chi connectivity index (χ3n) is 9.25. The first-order chi connectivity index (χ1) is 22.8. The molecule has 0 unspecified atom stereocenters. The van der Waals surface area contributed by atoms with Crippen molar-refractivity contribution in [3.63, 3.8) is 0 Å². The molecule has 46 heavy (non-hydrogen) atoms. The van der Waals surface area contributed by atoms with Gasteiger partial charge in [-0.25, -0.2) is 4.98 Å². The quantitative estimate of drug-likeness (QED) is 0.192. The van der Waals surface area contributed by atoms with Crippen molar-refractivity contribution in [1.82, 2.24) is 14.5 Å². The van der Waals surface area contributed by atoms with Gasteiger partial charge in [-0.3, -0.25) is 4.57 Å². The Morgan fingerprint density at radius 1 is 0.500 bits per heavy atom. The fourth-order valence-corrected chi connectivity index (χ4v) is 9.46. The maximum absolute atomic E-state index is 6.50. The van der Waals surface area contributed by atoms with E-state index in [0.717, 1.165) is 38.6 Å². The van der Waals surface area contributed by atoms with E-state index in [1.807, 2.05) is 34.8 Å². The Morgan fingerprint density at radius 3 is 2.07 bits per heavy atom. The topological polar surface area (TPSA) is 43.9 Å². The Labute approximate surface area is 269 Å². The Bertz CT molecular complexity index is 3050. The minimum Gasteiger partial charge on any atom is -0.437 e. The van der Waals surface area contributed by atoms with E-state index in [4.69, 9.17) is 14.4 Å². The van der Waals surface area contributed by atoms with Gasteiger partial charge >= 0.3 is 0 Å². The molecule has 11 rings (SSSR count). The van der Waals surface area contributed by atoms with E-state index in [1.165, 1.54) is 51.1 Å². The lowest BCUT2D eigenvalue weighted by atomic mass is 10.0. The van der Waals surface area contributed by atoms with Gasteiger partial charge in [-0.1, -0.05) is 84.9 Å². The van der Waals surface area contributed by atoms with Crippen LogP contribution in [-0.2, 0) is 0 Å². The van der Waals surface area contributed by atoms with E-state index in [1.54, 1.807) is 0 Å². The molecule has 0 saturated carbocycles. The Hall–Kier alpha value is -5.56. The third kappa shape index (κ3) is 3.27. The molecule has 0 spiro atoms. The van der Waals surface area contributed by atoms with Crippen LogP contribution in [0.4, 0.5) is 0 Å². The first kappa shape index (κ1) is 24.7. The second kappa shape index (κ2) is 9.01. The largest absolute Gasteiger partial charge is 0.437 e. The van der Waals surface area contributed by atoms with Crippen LogP contribution in [0, 0.1) is 0 Å². The van der Waals surface area contributed by atoms with Crippen molar-refractivity contribution in [2.24, 2.45) is 0 Å². The summed E-state index contributed by atoms with van der Waals surface area (Å²) in [6.07, 6.45) is 0. The molecule has 11 aromatic rings. The zero-order valence-corrected chi connectivity index (χ0v) is 25.8. The Kier molecular flexibility index (Phi) is 4.84. The minimum atomic E-state index is 0.588. The van der Waals surface area contributed by atoms with E-state index in [-0.39, 0.29) is 0 Å². The van der Waals surface area contributed by atoms with Gasteiger partial charge in [0.25, 0.3) is 0 Å². The first-order valence-electron chi connectivity index (χ1n) is 15.2. The second-order valence-corrected chi connectivity index (χ2v) is 13.9. The number of hydrogen-bond donors (Lipinski definition) is 0. The van der Waals surface area contributed by atoms with Gasteiger partial charge in [0.1, 0.15) is 5.58 Å². The van der Waals surface area contributed by atoms with E-state index < -0.39 is 0 Å². The summed E-state index contributed by atoms with van der Waals surface area (Å²) in [4.78, 5) is 10.7. The number of thiophene rings is 2. The van der Waals surface area contributed by atoms with Crippen molar-refractivity contribution in [3.05, 3.63) is 127 Å². The van der Waals surface area contributed by atoms with E-state index in [2.05, 4.69) is 120 Å². The minimum absolute atomic E-state index is 0.588. The van der Waals surface area contributed by atoms with Gasteiger partial charge in [-0.2, -0.15) is 4.98 Å². The van der Waals surface area contributed by atoms with Crippen LogP contribution in [0.1, 0.15) is 0 Å². The van der Waals surface area contributed by atoms with Crippen molar-refractivity contribution in [1.29, 1.82) is 0 Å². The number of nitrogens with zero attached hydrogens (tertiary/aromatic N) is 3. The Balaban J connectivity index is 1.31. The highest BCUT2D eigenvalue weighted by Crippen LogP contribution is 2.44. The van der Waals surface area contributed by atoms with Crippen LogP contribution in [0.25, 0.3) is 101 Å². The SMILES string of the molecule is c1ccc2c(c1)oc1nc(-n3c4ccccc4c4ccc5sc6ccccc6c5c43)nc(-c3ccc4sc5ccccc5c4c3)c12. The molecule has 0 atom stereocenters. The molecule has 0 radical (unpaired) electrons. The van der Waals surface area contributed by atoms with E-state index in [0.29, 0.717) is 11.7 Å². The molecule has 0 bridgehead atoms. The van der Waals surface area contributed by atoms with Crippen LogP contribution in [-0.4, -0.2) is 14.5 Å². The van der Waals surface area contributed by atoms with Crippen molar-refractivity contribution in [3.8, 4) is 17.2 Å². The molecule has 5 heterocycles. The van der Waals surface area contributed by atoms with Crippen LogP contribution in [0.2, 0.25) is 0 Å². The summed E-state index contributed by atoms with van der Waals surface area (Å²) in [5.41, 5.74) is 5.50. The summed E-state index contributed by atoms with van der Waals surface area (Å²) in [5, 5.41) is 9.30. The van der Waals surface area contributed by atoms with Gasteiger partial charge in [0.05, 0.1) is 22.1 Å². The highest BCUT2D eigenvalue weighted by atomic mass is 32.1. The number of hydrogen-bond acceptors (Lipinski definition) is 5. The molecule has 0 fully saturated rings. The number of para-hydroxylation sites is 2. The number of furan rings is 1. The molecule has 0 aliphatic rings. The van der Waals surface area contributed by atoms with Crippen molar-refractivity contribution >= 4 is 107 Å². The van der Waals surface area contributed by atoms with Crippen LogP contribution in [0.15, 0.2) is 132 Å². The molecule has 5 aromatic heterocycles. The van der Waals surface area contributed by atoms with Crippen LogP contribution >= 0.6 is 22.7 Å². The smallest absolute Gasteiger partial charge is 0.238 e. The summed E-state index contributed by atoms with van der Waals surface area (Å²) in [7, 11) is 0. The molecule has 214 valence electrons. The molecule has 6 heteroatoms. The van der Waals surface area contributed by atoms with Crippen molar-refractivity contribution in [2.45, 2.75) is 0 Å². The fourth-order valence-electron chi connectivity index (χ4n) is 7.27. The molecule has 0 amide bonds. The molecular formula is C40H21N3OS2. The lowest BCUT2D eigenvalue weighted by Crippen LogP contribution is -2.03. The molecule has 4 nitrogen and oxygen atoms in total. The molecule has 0 saturated heterocycles. The summed E-state index contributed by atoms with van der Waals surface area (Å²) >= 11 is 3.65. The standard InChI is InChI=1S/C40H21N3OS2/c1-5-13-29-23(9-1)25-18-20-34-35(27-12-4-8-16-32(27)46-34)38(25)43(29)40-41-37(36-26-11-2-6-14-30(26)44-39(36)42-40)22-17-19-33-28(21-22)24-10-3-7-15-31(24)45-33/h1-21H. The average molecular weight is 624 g/mol. The normalized spacial score (nSPS) is 12.3. The molecule has 0 aliphatic carbocycles. The van der Waals surface area contributed by atoms with E-state index in [9.17, 15) is 0 Å². The first-order valence-corrected chi connectivity index (χ1v) is 16.9.